The van der Waals surface area contributed by atoms with Gasteiger partial charge in [-0.2, -0.15) is 0 Å². The quantitative estimate of drug-likeness (QED) is 0.0287. The number of nitro groups is 1. The molecule has 0 aliphatic carbocycles. The number of nitro benzene ring substituents is 1. The Morgan fingerprint density at radius 3 is 1.04 bits per heavy atom. The maximum absolute atomic E-state index is 11.8. The molecule has 5 aromatic carbocycles. The summed E-state index contributed by atoms with van der Waals surface area (Å²) in [5, 5.41) is 63.8. The average Bonchev–Trinajstić information content (AvgIpc) is 3.25. The van der Waals surface area contributed by atoms with Gasteiger partial charge in [-0.3, -0.25) is 24.5 Å². The Balaban J connectivity index is -0.000000164. The zero-order valence-electron chi connectivity index (χ0n) is 34.8. The van der Waals surface area contributed by atoms with Crippen molar-refractivity contribution in [3.8, 4) is 0 Å². The second-order valence-electron chi connectivity index (χ2n) is 11.3. The highest BCUT2D eigenvalue weighted by Gasteiger charge is 2.06. The van der Waals surface area contributed by atoms with Gasteiger partial charge in [-0.25, -0.2) is 28.8 Å². The summed E-state index contributed by atoms with van der Waals surface area (Å²) >= 11 is 5.16. The Hall–Kier alpha value is -9.06. The second-order valence-corrected chi connectivity index (χ2v) is 11.6. The number of halogens is 1. The van der Waals surface area contributed by atoms with Crippen LogP contribution < -0.4 is 11.1 Å². The van der Waals surface area contributed by atoms with Crippen molar-refractivity contribution < 1.29 is 94.8 Å². The molecule has 0 spiro atoms. The van der Waals surface area contributed by atoms with E-state index in [1.165, 1.54) is 23.3 Å². The number of nitrogens with one attached hydrogen (secondary N) is 1. The van der Waals surface area contributed by atoms with Crippen molar-refractivity contribution >= 4 is 82.1 Å². The predicted octanol–water partition coefficient (Wildman–Crippen LogP) is 4.95. The van der Waals surface area contributed by atoms with E-state index >= 15 is 0 Å². The number of nitrogens with two attached hydrogens (primary N) is 1. The van der Waals surface area contributed by atoms with E-state index in [1.54, 1.807) is 48.5 Å². The third-order valence-corrected chi connectivity index (χ3v) is 6.44. The van der Waals surface area contributed by atoms with Crippen molar-refractivity contribution in [3.63, 3.8) is 0 Å². The van der Waals surface area contributed by atoms with Crippen LogP contribution in [0.4, 0.5) is 17.1 Å². The van der Waals surface area contributed by atoms with Crippen LogP contribution in [0.1, 0.15) is 44.8 Å². The molecule has 0 aromatic heterocycles. The zero-order valence-corrected chi connectivity index (χ0v) is 35.6. The fraction of sp³-hybridized carbons (Fsp3) is 0.0930. The molecule has 364 valence electrons. The first kappa shape index (κ1) is 69.6. The number of amides is 1. The Labute approximate surface area is 386 Å². The van der Waals surface area contributed by atoms with E-state index < -0.39 is 46.0 Å². The van der Waals surface area contributed by atoms with Crippen LogP contribution in [-0.2, 0) is 33.6 Å². The first-order chi connectivity index (χ1) is 29.9. The molecule has 0 atom stereocenters. The SMILES string of the molecule is C.Cc1ccc(N)cc1.Cc1ccc(NC(=O)c2ccccc2)cc1.Cc1ccc([N+](=O)[O-])cc1.O.O.O=C(Cl)c1ccccc1.O=C(O)C(=O)O.O=C(O)C(=O)O.O=C(O)C(=O)O.O=CO. The van der Waals surface area contributed by atoms with Gasteiger partial charge in [-0.15, -0.1) is 0 Å². The van der Waals surface area contributed by atoms with Crippen LogP contribution in [0.15, 0.2) is 133 Å². The normalized spacial score (nSPS) is 8.18. The lowest BCUT2D eigenvalue weighted by atomic mass is 10.2. The Bertz CT molecular complexity index is 2130. The van der Waals surface area contributed by atoms with Crippen LogP contribution in [-0.4, -0.2) is 105 Å². The van der Waals surface area contributed by atoms with Crippen LogP contribution in [0, 0.1) is 30.9 Å². The van der Waals surface area contributed by atoms with Gasteiger partial charge in [0.25, 0.3) is 23.3 Å². The van der Waals surface area contributed by atoms with Crippen molar-refractivity contribution in [2.24, 2.45) is 0 Å². The number of aryl methyl sites for hydroxylation is 3. The summed E-state index contributed by atoms with van der Waals surface area (Å²) in [6.07, 6.45) is 0. The molecule has 0 bridgehead atoms. The minimum atomic E-state index is -1.82. The molecule has 0 saturated heterocycles. The van der Waals surface area contributed by atoms with E-state index in [9.17, 15) is 19.7 Å². The van der Waals surface area contributed by atoms with Gasteiger partial charge in [-0.1, -0.05) is 109 Å². The summed E-state index contributed by atoms with van der Waals surface area (Å²) in [4.78, 5) is 94.9. The largest absolute Gasteiger partial charge is 0.483 e. The molecular formula is C43H50ClN3O20. The molecule has 0 aliphatic rings. The van der Waals surface area contributed by atoms with Crippen molar-refractivity contribution in [2.45, 2.75) is 28.2 Å². The zero-order chi connectivity index (χ0) is 49.8. The lowest BCUT2D eigenvalue weighted by molar-refractivity contribution is -0.384. The Morgan fingerprint density at radius 1 is 0.537 bits per heavy atom. The molecule has 5 aromatic rings. The van der Waals surface area contributed by atoms with E-state index in [0.29, 0.717) is 11.1 Å². The standard InChI is InChI=1S/C14H13NO.C7H5ClO.C7H7NO2.C7H9N.3C2H2O4.CH2O2.CH4.2H2O/c1-11-7-9-13(10-8-11)15-14(16)12-5-3-2-4-6-12;8-7(9)6-4-2-1-3-5-6;1-6-2-4-7(5-3-6)8(9)10;1-6-2-4-7(8)5-3-6;3*3-1(4)2(5)6;2-1-3;;;/h2-10H,1H3,(H,15,16);1-5H;2-5H,1H3;2-5H,8H2,1H3;3*(H,3,4)(H,5,6);1H,(H,2,3);1H4;2*1H2. The molecule has 0 radical (unpaired) electrons. The first-order valence-corrected chi connectivity index (χ1v) is 17.4. The van der Waals surface area contributed by atoms with Gasteiger partial charge in [0.15, 0.2) is 0 Å². The number of carbonyl (C=O) groups excluding carboxylic acids is 2. The molecule has 0 saturated carbocycles. The van der Waals surface area contributed by atoms with E-state index in [4.69, 9.17) is 86.6 Å². The summed E-state index contributed by atoms with van der Waals surface area (Å²) in [6.45, 7) is 5.70. The lowest BCUT2D eigenvalue weighted by Crippen LogP contribution is -2.11. The first-order valence-electron chi connectivity index (χ1n) is 17.1. The minimum absolute atomic E-state index is 0. The third-order valence-electron chi connectivity index (χ3n) is 6.22. The number of carbonyl (C=O) groups is 9. The molecule has 14 N–H and O–H groups in total. The average molecular weight is 964 g/mol. The van der Waals surface area contributed by atoms with E-state index in [2.05, 4.69) is 5.32 Å². The number of anilines is 2. The van der Waals surface area contributed by atoms with Gasteiger partial charge in [0.05, 0.1) is 4.92 Å². The topological polar surface area (TPSA) is 439 Å². The van der Waals surface area contributed by atoms with Crippen LogP contribution in [0.3, 0.4) is 0 Å². The van der Waals surface area contributed by atoms with Crippen LogP contribution in [0.2, 0.25) is 0 Å². The second kappa shape index (κ2) is 41.0. The van der Waals surface area contributed by atoms with E-state index in [1.807, 2.05) is 93.6 Å². The molecule has 0 unspecified atom stereocenters. The monoisotopic (exact) mass is 963 g/mol. The number of hydrogen-bond donors (Lipinski definition) is 9. The van der Waals surface area contributed by atoms with Gasteiger partial charge in [0, 0.05) is 34.6 Å². The molecule has 1 amide bonds. The molecule has 0 heterocycles. The number of hydrogen-bond acceptors (Lipinski definition) is 12. The minimum Gasteiger partial charge on any atom is -0.483 e. The van der Waals surface area contributed by atoms with Crippen molar-refractivity contribution in [1.29, 1.82) is 0 Å². The molecule has 0 fully saturated rings. The van der Waals surface area contributed by atoms with Gasteiger partial charge in [-0.05, 0) is 68.8 Å². The maximum Gasteiger partial charge on any atom is 0.414 e. The summed E-state index contributed by atoms with van der Waals surface area (Å²) < 4.78 is 0. The smallest absolute Gasteiger partial charge is 0.414 e. The van der Waals surface area contributed by atoms with Crippen molar-refractivity contribution in [2.75, 3.05) is 11.1 Å². The number of benzene rings is 5. The highest BCUT2D eigenvalue weighted by molar-refractivity contribution is 6.67. The Morgan fingerprint density at radius 2 is 0.806 bits per heavy atom. The third kappa shape index (κ3) is 40.8. The van der Waals surface area contributed by atoms with Gasteiger partial charge >= 0.3 is 35.8 Å². The molecule has 5 rings (SSSR count). The summed E-state index contributed by atoms with van der Waals surface area (Å²) in [5.41, 5.74) is 11.9. The van der Waals surface area contributed by atoms with Gasteiger partial charge < -0.3 is 57.7 Å². The van der Waals surface area contributed by atoms with Crippen LogP contribution in [0.5, 0.6) is 0 Å². The molecule has 24 heteroatoms. The number of nitrogens with zero attached hydrogens (tertiary/aromatic N) is 1. The number of rotatable bonds is 4. The predicted molar refractivity (Wildman–Crippen MR) is 244 cm³/mol. The molecule has 23 nitrogen and oxygen atoms in total. The summed E-state index contributed by atoms with van der Waals surface area (Å²) in [7, 11) is 0. The fourth-order valence-corrected chi connectivity index (χ4v) is 3.36. The van der Waals surface area contributed by atoms with Gasteiger partial charge in [0.2, 0.25) is 0 Å². The van der Waals surface area contributed by atoms with Crippen molar-refractivity contribution in [1.82, 2.24) is 0 Å². The summed E-state index contributed by atoms with van der Waals surface area (Å²) in [6, 6.07) is 39.9. The Kier molecular flexibility index (Phi) is 42.6. The number of non-ortho nitro benzene ring substituents is 1. The van der Waals surface area contributed by atoms with E-state index in [0.717, 1.165) is 16.9 Å². The number of carboxylic acid groups (broad SMARTS) is 7. The van der Waals surface area contributed by atoms with Gasteiger partial charge in [0.1, 0.15) is 0 Å². The van der Waals surface area contributed by atoms with Crippen LogP contribution >= 0.6 is 11.6 Å². The number of aliphatic carboxylic acids is 6. The molecule has 0 aliphatic heterocycles. The molecular weight excluding hydrogens is 914 g/mol. The fourth-order valence-electron chi connectivity index (χ4n) is 3.23. The highest BCUT2D eigenvalue weighted by atomic mass is 35.5. The van der Waals surface area contributed by atoms with E-state index in [-0.39, 0.29) is 36.4 Å². The number of nitrogen functional groups attached to an aromatic ring is 1. The highest BCUT2D eigenvalue weighted by Crippen LogP contribution is 2.11. The number of carboxylic acids is 6. The van der Waals surface area contributed by atoms with Crippen LogP contribution in [0.25, 0.3) is 0 Å². The van der Waals surface area contributed by atoms with Crippen molar-refractivity contribution in [3.05, 3.63) is 171 Å². The molecule has 67 heavy (non-hydrogen) atoms. The summed E-state index contributed by atoms with van der Waals surface area (Å²) in [5.74, 6) is -11.0. The lowest BCUT2D eigenvalue weighted by Gasteiger charge is -2.05. The maximum atomic E-state index is 11.8.